The number of nitrogens with zero attached hydrogens (tertiary/aromatic N) is 3. The molecule has 1 aromatic carbocycles. The standard InChI is InChI=1S/C25H30F3N5O3/c1-13(19(34)11-18-10-17(32-36-18)12-24(3,4)5)15-6-8-16(9-7-15)21-20(23(30)35)22(29)33(31-21)14(2)25(26,27)28/h6-10,13-14H,11-12,29H2,1-5H3,(H2,30,35). The van der Waals surface area contributed by atoms with Crippen LogP contribution in [0.25, 0.3) is 11.3 Å². The minimum absolute atomic E-state index is 0.0346. The molecule has 0 aliphatic rings. The molecule has 0 aliphatic carbocycles. The fraction of sp³-hybridized carbons (Fsp3) is 0.440. The maximum atomic E-state index is 13.2. The first-order valence-electron chi connectivity index (χ1n) is 11.4. The first kappa shape index (κ1) is 27.0. The molecule has 0 aliphatic heterocycles. The Hall–Kier alpha value is -3.63. The SMILES string of the molecule is CC(C(=O)Cc1cc(CC(C)(C)C)no1)c1ccc(-c2nn(C(C)C(F)(F)F)c(N)c2C(N)=O)cc1. The number of nitrogen functional groups attached to an aromatic ring is 1. The number of hydrogen-bond acceptors (Lipinski definition) is 6. The molecule has 8 nitrogen and oxygen atoms in total. The van der Waals surface area contributed by atoms with Gasteiger partial charge in [-0.2, -0.15) is 18.3 Å². The summed E-state index contributed by atoms with van der Waals surface area (Å²) in [5, 5.41) is 7.98. The van der Waals surface area contributed by atoms with E-state index in [2.05, 4.69) is 31.0 Å². The number of primary amides is 1. The molecule has 2 heterocycles. The van der Waals surface area contributed by atoms with Gasteiger partial charge in [-0.15, -0.1) is 0 Å². The van der Waals surface area contributed by atoms with Crippen molar-refractivity contribution >= 4 is 17.5 Å². The van der Waals surface area contributed by atoms with E-state index < -0.39 is 29.9 Å². The predicted octanol–water partition coefficient (Wildman–Crippen LogP) is 4.85. The maximum absolute atomic E-state index is 13.2. The Balaban J connectivity index is 1.81. The zero-order valence-corrected chi connectivity index (χ0v) is 20.8. The fourth-order valence-electron chi connectivity index (χ4n) is 3.83. The monoisotopic (exact) mass is 505 g/mol. The third-order valence-electron chi connectivity index (χ3n) is 5.87. The lowest BCUT2D eigenvalue weighted by Crippen LogP contribution is -2.26. The van der Waals surface area contributed by atoms with Crippen LogP contribution >= 0.6 is 0 Å². The van der Waals surface area contributed by atoms with E-state index in [1.807, 2.05) is 0 Å². The van der Waals surface area contributed by atoms with Crippen molar-refractivity contribution in [1.29, 1.82) is 0 Å². The number of anilines is 1. The first-order valence-corrected chi connectivity index (χ1v) is 11.4. The van der Waals surface area contributed by atoms with Crippen LogP contribution < -0.4 is 11.5 Å². The van der Waals surface area contributed by atoms with Crippen molar-refractivity contribution in [3.63, 3.8) is 0 Å². The lowest BCUT2D eigenvalue weighted by atomic mass is 9.90. The minimum Gasteiger partial charge on any atom is -0.383 e. The average molecular weight is 506 g/mol. The normalized spacial score (nSPS) is 14.0. The summed E-state index contributed by atoms with van der Waals surface area (Å²) in [6, 6.07) is 6.15. The van der Waals surface area contributed by atoms with E-state index in [1.165, 1.54) is 0 Å². The van der Waals surface area contributed by atoms with E-state index in [9.17, 15) is 22.8 Å². The summed E-state index contributed by atoms with van der Waals surface area (Å²) in [7, 11) is 0. The number of Topliss-reactive ketones (excluding diaryl/α,β-unsaturated/α-hetero) is 1. The van der Waals surface area contributed by atoms with Crippen LogP contribution in [0.4, 0.5) is 19.0 Å². The smallest absolute Gasteiger partial charge is 0.383 e. The van der Waals surface area contributed by atoms with E-state index in [1.54, 1.807) is 37.3 Å². The van der Waals surface area contributed by atoms with Gasteiger partial charge in [-0.25, -0.2) is 4.68 Å². The number of carbonyl (C=O) groups excluding carboxylic acids is 2. The van der Waals surface area contributed by atoms with E-state index in [0.717, 1.165) is 19.0 Å². The molecule has 2 atom stereocenters. The summed E-state index contributed by atoms with van der Waals surface area (Å²) in [4.78, 5) is 24.8. The number of amides is 1. The number of alkyl halides is 3. The fourth-order valence-corrected chi connectivity index (χ4v) is 3.83. The molecule has 0 bridgehead atoms. The van der Waals surface area contributed by atoms with Crippen molar-refractivity contribution in [2.75, 3.05) is 5.73 Å². The highest BCUT2D eigenvalue weighted by molar-refractivity contribution is 6.03. The summed E-state index contributed by atoms with van der Waals surface area (Å²) in [5.74, 6) is -1.56. The van der Waals surface area contributed by atoms with Crippen molar-refractivity contribution in [2.45, 2.75) is 65.6 Å². The van der Waals surface area contributed by atoms with Crippen LogP contribution in [-0.4, -0.2) is 32.8 Å². The van der Waals surface area contributed by atoms with Crippen LogP contribution in [0.5, 0.6) is 0 Å². The Bertz CT molecular complexity index is 1250. The highest BCUT2D eigenvalue weighted by Crippen LogP contribution is 2.36. The Morgan fingerprint density at radius 2 is 1.72 bits per heavy atom. The molecular weight excluding hydrogens is 475 g/mol. The molecule has 0 radical (unpaired) electrons. The van der Waals surface area contributed by atoms with Gasteiger partial charge in [0, 0.05) is 17.5 Å². The summed E-state index contributed by atoms with van der Waals surface area (Å²) >= 11 is 0. The van der Waals surface area contributed by atoms with E-state index in [-0.39, 0.29) is 28.9 Å². The van der Waals surface area contributed by atoms with Crippen LogP contribution in [0, 0.1) is 5.41 Å². The second-order valence-electron chi connectivity index (χ2n) is 10.1. The lowest BCUT2D eigenvalue weighted by molar-refractivity contribution is -0.164. The van der Waals surface area contributed by atoms with Gasteiger partial charge in [0.05, 0.1) is 12.1 Å². The molecule has 194 valence electrons. The quantitative estimate of drug-likeness (QED) is 0.450. The minimum atomic E-state index is -4.62. The molecule has 36 heavy (non-hydrogen) atoms. The van der Waals surface area contributed by atoms with Crippen LogP contribution in [0.1, 0.15) is 74.0 Å². The molecule has 0 spiro atoms. The lowest BCUT2D eigenvalue weighted by Gasteiger charge is -2.17. The van der Waals surface area contributed by atoms with Gasteiger partial charge < -0.3 is 16.0 Å². The molecule has 0 fully saturated rings. The number of hydrogen-bond donors (Lipinski definition) is 2. The van der Waals surface area contributed by atoms with Crippen LogP contribution in [0.15, 0.2) is 34.9 Å². The van der Waals surface area contributed by atoms with Gasteiger partial charge in [-0.05, 0) is 24.3 Å². The zero-order chi connectivity index (χ0) is 27.0. The number of nitrogens with two attached hydrogens (primary N) is 2. The summed E-state index contributed by atoms with van der Waals surface area (Å²) < 4.78 is 45.6. The van der Waals surface area contributed by atoms with Gasteiger partial charge in [-0.3, -0.25) is 9.59 Å². The molecule has 3 rings (SSSR count). The number of ketones is 1. The molecular formula is C25H30F3N5O3. The van der Waals surface area contributed by atoms with Gasteiger partial charge in [0.2, 0.25) is 0 Å². The third kappa shape index (κ3) is 5.95. The van der Waals surface area contributed by atoms with Crippen LogP contribution in [-0.2, 0) is 17.6 Å². The molecule has 3 aromatic rings. The van der Waals surface area contributed by atoms with Gasteiger partial charge >= 0.3 is 6.18 Å². The first-order chi connectivity index (χ1) is 16.6. The number of aromatic nitrogens is 3. The van der Waals surface area contributed by atoms with Gasteiger partial charge in [0.15, 0.2) is 0 Å². The Kier molecular flexibility index (Phi) is 7.33. The molecule has 2 aromatic heterocycles. The summed E-state index contributed by atoms with van der Waals surface area (Å²) in [6.07, 6.45) is -3.83. The maximum Gasteiger partial charge on any atom is 0.410 e. The van der Waals surface area contributed by atoms with Crippen molar-refractivity contribution < 1.29 is 27.3 Å². The number of benzene rings is 1. The van der Waals surface area contributed by atoms with Crippen molar-refractivity contribution in [3.8, 4) is 11.3 Å². The highest BCUT2D eigenvalue weighted by Gasteiger charge is 2.40. The Morgan fingerprint density at radius 3 is 2.25 bits per heavy atom. The number of rotatable bonds is 8. The predicted molar refractivity (Wildman–Crippen MR) is 128 cm³/mol. The van der Waals surface area contributed by atoms with Gasteiger partial charge in [0.25, 0.3) is 5.91 Å². The van der Waals surface area contributed by atoms with Crippen LogP contribution in [0.3, 0.4) is 0 Å². The Morgan fingerprint density at radius 1 is 1.11 bits per heavy atom. The third-order valence-corrected chi connectivity index (χ3v) is 5.87. The van der Waals surface area contributed by atoms with Crippen molar-refractivity contribution in [1.82, 2.24) is 14.9 Å². The van der Waals surface area contributed by atoms with E-state index in [4.69, 9.17) is 16.0 Å². The number of carbonyl (C=O) groups is 2. The molecule has 1 amide bonds. The molecule has 2 unspecified atom stereocenters. The second-order valence-corrected chi connectivity index (χ2v) is 10.1. The topological polar surface area (TPSA) is 130 Å². The average Bonchev–Trinajstić information content (AvgIpc) is 3.34. The molecule has 4 N–H and O–H groups in total. The summed E-state index contributed by atoms with van der Waals surface area (Å²) in [5.41, 5.74) is 12.7. The molecule has 11 heteroatoms. The van der Waals surface area contributed by atoms with Crippen molar-refractivity contribution in [2.24, 2.45) is 11.1 Å². The van der Waals surface area contributed by atoms with Gasteiger partial charge in [0.1, 0.15) is 34.7 Å². The van der Waals surface area contributed by atoms with E-state index >= 15 is 0 Å². The van der Waals surface area contributed by atoms with Gasteiger partial charge in [-0.1, -0.05) is 57.1 Å². The summed E-state index contributed by atoms with van der Waals surface area (Å²) in [6.45, 7) is 8.88. The zero-order valence-electron chi connectivity index (χ0n) is 20.8. The highest BCUT2D eigenvalue weighted by atomic mass is 19.4. The van der Waals surface area contributed by atoms with Crippen molar-refractivity contribution in [3.05, 3.63) is 52.9 Å². The molecule has 0 saturated carbocycles. The Labute approximate surface area is 206 Å². The largest absolute Gasteiger partial charge is 0.410 e. The van der Waals surface area contributed by atoms with E-state index in [0.29, 0.717) is 21.6 Å². The van der Waals surface area contributed by atoms with Crippen LogP contribution in [0.2, 0.25) is 0 Å². The molecule has 0 saturated heterocycles. The second kappa shape index (κ2) is 9.79. The number of halogens is 3.